The Labute approximate surface area is 288 Å². The molecule has 2 aliphatic rings. The van der Waals surface area contributed by atoms with E-state index >= 15 is 0 Å². The minimum atomic E-state index is -0.467. The average molecular weight is 629 g/mol. The van der Waals surface area contributed by atoms with Crippen molar-refractivity contribution < 1.29 is 0 Å². The van der Waals surface area contributed by atoms with Crippen LogP contribution in [0.2, 0.25) is 0 Å². The summed E-state index contributed by atoms with van der Waals surface area (Å²) in [6, 6.07) is 61.6. The van der Waals surface area contributed by atoms with Crippen molar-refractivity contribution >= 4 is 11.4 Å². The van der Waals surface area contributed by atoms with Crippen LogP contribution in [-0.2, 0) is 5.41 Å². The third-order valence-corrected chi connectivity index (χ3v) is 10.6. The Hall–Kier alpha value is -5.99. The Balaban J connectivity index is 1.24. The second-order valence-corrected chi connectivity index (χ2v) is 13.2. The Morgan fingerprint density at radius 2 is 0.980 bits per heavy atom. The molecule has 0 fully saturated rings. The summed E-state index contributed by atoms with van der Waals surface area (Å²) >= 11 is 0. The van der Waals surface area contributed by atoms with E-state index in [0.29, 0.717) is 0 Å². The van der Waals surface area contributed by atoms with Gasteiger partial charge in [0.05, 0.1) is 11.1 Å². The molecule has 49 heavy (non-hydrogen) atoms. The number of fused-ring (bicyclic) bond motifs is 4. The number of benzene rings is 7. The fourth-order valence-corrected chi connectivity index (χ4v) is 8.33. The number of nitrogens with one attached hydrogen (secondary N) is 1. The highest BCUT2D eigenvalue weighted by molar-refractivity contribution is 6.17. The Morgan fingerprint density at radius 1 is 0.449 bits per heavy atom. The number of aryl methyl sites for hydroxylation is 1. The number of hydrogen-bond donors (Lipinski definition) is 1. The molecule has 9 rings (SSSR count). The summed E-state index contributed by atoms with van der Waals surface area (Å²) < 4.78 is 0. The molecular weight excluding hydrogens is 593 g/mol. The van der Waals surface area contributed by atoms with Crippen molar-refractivity contribution in [1.82, 2.24) is 0 Å². The molecule has 2 heteroatoms. The highest BCUT2D eigenvalue weighted by Gasteiger charge is 2.47. The highest BCUT2D eigenvalue weighted by Crippen LogP contribution is 2.57. The van der Waals surface area contributed by atoms with Gasteiger partial charge in [-0.1, -0.05) is 164 Å². The van der Waals surface area contributed by atoms with Gasteiger partial charge in [0.2, 0.25) is 0 Å². The molecule has 2 nitrogen and oxygen atoms in total. The molecule has 0 spiro atoms. The second-order valence-electron chi connectivity index (χ2n) is 13.2. The van der Waals surface area contributed by atoms with Gasteiger partial charge < -0.3 is 5.32 Å². The van der Waals surface area contributed by atoms with Crippen LogP contribution in [-0.4, -0.2) is 5.71 Å². The number of anilines is 1. The van der Waals surface area contributed by atoms with Crippen LogP contribution in [0.5, 0.6) is 0 Å². The zero-order chi connectivity index (χ0) is 33.0. The second kappa shape index (κ2) is 11.6. The minimum absolute atomic E-state index is 0.250. The van der Waals surface area contributed by atoms with Crippen molar-refractivity contribution in [1.29, 1.82) is 0 Å². The van der Waals surface area contributed by atoms with Crippen LogP contribution in [0.15, 0.2) is 175 Å². The SMILES string of the molecule is Cc1ccccc1C1(c2cccc(C3N=C(c4ccc(-c5ccccc5)cc4)c4ccccc4N3)c2C)c2ccccc2-c2ccccc21. The lowest BCUT2D eigenvalue weighted by Crippen LogP contribution is -2.31. The van der Waals surface area contributed by atoms with Crippen LogP contribution < -0.4 is 5.32 Å². The molecule has 1 unspecified atom stereocenters. The lowest BCUT2D eigenvalue weighted by Gasteiger charge is -2.37. The summed E-state index contributed by atoms with van der Waals surface area (Å²) in [6.45, 7) is 4.54. The van der Waals surface area contributed by atoms with Crippen molar-refractivity contribution in [2.75, 3.05) is 5.32 Å². The average Bonchev–Trinajstić information content (AvgIpc) is 3.46. The number of hydrogen-bond acceptors (Lipinski definition) is 2. The van der Waals surface area contributed by atoms with Gasteiger partial charge in [0.25, 0.3) is 0 Å². The molecule has 1 aliphatic heterocycles. The van der Waals surface area contributed by atoms with Gasteiger partial charge in [-0.3, -0.25) is 4.99 Å². The molecule has 1 N–H and O–H groups in total. The first-order valence-electron chi connectivity index (χ1n) is 17.1. The largest absolute Gasteiger partial charge is 0.359 e. The van der Waals surface area contributed by atoms with Crippen LogP contribution in [0.25, 0.3) is 22.3 Å². The van der Waals surface area contributed by atoms with Crippen LogP contribution in [0.1, 0.15) is 56.2 Å². The van der Waals surface area contributed by atoms with Crippen molar-refractivity contribution in [2.45, 2.75) is 25.4 Å². The molecule has 1 atom stereocenters. The van der Waals surface area contributed by atoms with E-state index in [1.807, 2.05) is 0 Å². The Kier molecular flexibility index (Phi) is 6.91. The summed E-state index contributed by atoms with van der Waals surface area (Å²) in [6.07, 6.45) is -0.250. The highest BCUT2D eigenvalue weighted by atomic mass is 15.1. The quantitative estimate of drug-likeness (QED) is 0.201. The monoisotopic (exact) mass is 628 g/mol. The van der Waals surface area contributed by atoms with Crippen LogP contribution in [0, 0.1) is 13.8 Å². The summed E-state index contributed by atoms with van der Waals surface area (Å²) in [5, 5.41) is 3.82. The molecule has 0 aromatic heterocycles. The summed E-state index contributed by atoms with van der Waals surface area (Å²) in [4.78, 5) is 5.50. The zero-order valence-corrected chi connectivity index (χ0v) is 27.7. The third kappa shape index (κ3) is 4.52. The van der Waals surface area contributed by atoms with E-state index in [1.54, 1.807) is 0 Å². The normalized spacial score (nSPS) is 15.4. The van der Waals surface area contributed by atoms with E-state index in [2.05, 4.69) is 189 Å². The molecule has 234 valence electrons. The lowest BCUT2D eigenvalue weighted by molar-refractivity contribution is 0.740. The predicted molar refractivity (Wildman–Crippen MR) is 204 cm³/mol. The van der Waals surface area contributed by atoms with E-state index in [-0.39, 0.29) is 6.17 Å². The predicted octanol–water partition coefficient (Wildman–Crippen LogP) is 11.3. The topological polar surface area (TPSA) is 24.4 Å². The minimum Gasteiger partial charge on any atom is -0.359 e. The van der Waals surface area contributed by atoms with Crippen molar-refractivity contribution in [2.24, 2.45) is 4.99 Å². The molecule has 0 saturated carbocycles. The molecule has 1 aliphatic carbocycles. The standard InChI is InChI=1S/C47H36N2/c1-31-15-6-10-22-40(31)47(42-23-11-7-18-37(42)38-19-8-12-24-43(38)47)41-25-14-21-36(32(41)2)46-48-44-26-13-9-20-39(44)45(49-46)35-29-27-34(28-30-35)33-16-4-3-5-17-33/h3-30,46,48H,1-2H3. The van der Waals surface area contributed by atoms with Crippen LogP contribution in [0.3, 0.4) is 0 Å². The maximum Gasteiger partial charge on any atom is 0.145 e. The van der Waals surface area contributed by atoms with Gasteiger partial charge >= 0.3 is 0 Å². The zero-order valence-electron chi connectivity index (χ0n) is 27.7. The maximum absolute atomic E-state index is 5.50. The Morgan fingerprint density at radius 3 is 1.67 bits per heavy atom. The molecule has 7 aromatic rings. The number of para-hydroxylation sites is 1. The van der Waals surface area contributed by atoms with Crippen LogP contribution in [0.4, 0.5) is 5.69 Å². The molecule has 0 saturated heterocycles. The molecule has 0 bridgehead atoms. The van der Waals surface area contributed by atoms with Gasteiger partial charge in [-0.15, -0.1) is 0 Å². The van der Waals surface area contributed by atoms with Gasteiger partial charge in [-0.25, -0.2) is 0 Å². The number of aliphatic imine (C=N–C) groups is 1. The van der Waals surface area contributed by atoms with Gasteiger partial charge in [-0.2, -0.15) is 0 Å². The van der Waals surface area contributed by atoms with E-state index in [4.69, 9.17) is 4.99 Å². The fraction of sp³-hybridized carbons (Fsp3) is 0.0851. The van der Waals surface area contributed by atoms with Gasteiger partial charge in [0.1, 0.15) is 6.17 Å². The van der Waals surface area contributed by atoms with Crippen LogP contribution >= 0.6 is 0 Å². The first kappa shape index (κ1) is 29.2. The number of nitrogens with zero attached hydrogens (tertiary/aromatic N) is 1. The first-order valence-corrected chi connectivity index (χ1v) is 17.1. The summed E-state index contributed by atoms with van der Waals surface area (Å²) in [7, 11) is 0. The smallest absolute Gasteiger partial charge is 0.145 e. The molecule has 1 heterocycles. The first-order chi connectivity index (χ1) is 24.1. The van der Waals surface area contributed by atoms with Crippen molar-refractivity contribution in [3.8, 4) is 22.3 Å². The third-order valence-electron chi connectivity index (χ3n) is 10.6. The van der Waals surface area contributed by atoms with E-state index in [1.165, 1.54) is 61.2 Å². The number of rotatable bonds is 5. The van der Waals surface area contributed by atoms with Gasteiger partial charge in [0.15, 0.2) is 0 Å². The van der Waals surface area contributed by atoms with Crippen molar-refractivity contribution in [3.63, 3.8) is 0 Å². The molecule has 7 aromatic carbocycles. The van der Waals surface area contributed by atoms with Gasteiger partial charge in [-0.05, 0) is 81.1 Å². The molecule has 0 radical (unpaired) electrons. The van der Waals surface area contributed by atoms with Gasteiger partial charge in [0, 0.05) is 16.8 Å². The fourth-order valence-electron chi connectivity index (χ4n) is 8.33. The van der Waals surface area contributed by atoms with E-state index in [9.17, 15) is 0 Å². The van der Waals surface area contributed by atoms with Crippen molar-refractivity contribution in [3.05, 3.63) is 220 Å². The van der Waals surface area contributed by atoms with E-state index in [0.717, 1.165) is 22.5 Å². The molecule has 0 amide bonds. The Bertz CT molecular complexity index is 2340. The van der Waals surface area contributed by atoms with E-state index < -0.39 is 5.41 Å². The molecular formula is C47H36N2. The maximum atomic E-state index is 5.50. The summed E-state index contributed by atoms with van der Waals surface area (Å²) in [5.74, 6) is 0. The summed E-state index contributed by atoms with van der Waals surface area (Å²) in [5.41, 5.74) is 17.9. The lowest BCUT2D eigenvalue weighted by atomic mass is 9.65.